The lowest BCUT2D eigenvalue weighted by Gasteiger charge is -2.57. The van der Waals surface area contributed by atoms with Crippen molar-refractivity contribution in [3.63, 3.8) is 0 Å². The Bertz CT molecular complexity index is 789. The smallest absolute Gasteiger partial charge is 0.159 e. The van der Waals surface area contributed by atoms with Gasteiger partial charge in [0.05, 0.1) is 0 Å². The fourth-order valence-corrected chi connectivity index (χ4v) is 8.57. The molecule has 0 saturated heterocycles. The first-order chi connectivity index (χ1) is 14.6. The van der Waals surface area contributed by atoms with E-state index in [1.54, 1.807) is 6.08 Å². The SMILES string of the molecule is CC[C@H](/C=C/[C@@H](C)[C@H]1CC[C@H]2[C@@H]3CC(=O)C4=CC(=O)CC[C@]4(C)[C@H]3CC[C@]12C)C(C)C. The fraction of sp³-hybridized carbons (Fsp3) is 0.793. The summed E-state index contributed by atoms with van der Waals surface area (Å²) in [4.78, 5) is 25.2. The average molecular weight is 425 g/mol. The van der Waals surface area contributed by atoms with E-state index in [2.05, 4.69) is 53.7 Å². The Hall–Kier alpha value is -1.18. The zero-order valence-electron chi connectivity index (χ0n) is 20.7. The molecule has 0 spiro atoms. The van der Waals surface area contributed by atoms with Crippen molar-refractivity contribution in [3.8, 4) is 0 Å². The molecule has 3 saturated carbocycles. The number of allylic oxidation sites excluding steroid dienone is 3. The van der Waals surface area contributed by atoms with E-state index in [4.69, 9.17) is 0 Å². The molecule has 3 fully saturated rings. The Kier molecular flexibility index (Phi) is 6.16. The van der Waals surface area contributed by atoms with Crippen LogP contribution in [0.15, 0.2) is 23.8 Å². The lowest BCUT2D eigenvalue weighted by Crippen LogP contribution is -2.53. The highest BCUT2D eigenvalue weighted by Crippen LogP contribution is 2.67. The van der Waals surface area contributed by atoms with Crippen LogP contribution >= 0.6 is 0 Å². The molecule has 4 aliphatic carbocycles. The maximum absolute atomic E-state index is 13.2. The summed E-state index contributed by atoms with van der Waals surface area (Å²) in [5.74, 6) is 4.92. The standard InChI is InChI=1S/C29H44O2/c1-7-20(18(2)3)9-8-19(4)23-10-11-24-22-17-27(31)26-16-21(30)12-14-29(26,6)25(22)13-15-28(23,24)5/h8-9,16,18-20,22-25H,7,10-15,17H2,1-6H3/b9-8+/t19-,20-,22+,23-,24+,25+,28-,29-/m1/s1. The van der Waals surface area contributed by atoms with Gasteiger partial charge in [0.2, 0.25) is 0 Å². The number of Topliss-reactive ketones (excluding diaryl/α,β-unsaturated/α-hetero) is 1. The van der Waals surface area contributed by atoms with Gasteiger partial charge in [-0.25, -0.2) is 0 Å². The van der Waals surface area contributed by atoms with Crippen LogP contribution in [-0.4, -0.2) is 11.6 Å². The van der Waals surface area contributed by atoms with Gasteiger partial charge in [-0.05, 0) is 96.9 Å². The van der Waals surface area contributed by atoms with Crippen LogP contribution in [0.5, 0.6) is 0 Å². The van der Waals surface area contributed by atoms with Crippen LogP contribution in [0.25, 0.3) is 0 Å². The van der Waals surface area contributed by atoms with Crippen LogP contribution in [0, 0.1) is 52.3 Å². The fourth-order valence-electron chi connectivity index (χ4n) is 8.57. The van der Waals surface area contributed by atoms with Crippen LogP contribution in [0.3, 0.4) is 0 Å². The minimum atomic E-state index is -0.0650. The Balaban J connectivity index is 1.56. The number of hydrogen-bond donors (Lipinski definition) is 0. The van der Waals surface area contributed by atoms with Crippen molar-refractivity contribution >= 4 is 11.6 Å². The maximum atomic E-state index is 13.2. The molecule has 0 aromatic heterocycles. The molecule has 0 aromatic rings. The van der Waals surface area contributed by atoms with Crippen LogP contribution in [0.2, 0.25) is 0 Å². The molecular formula is C29H44O2. The number of carbonyl (C=O) groups excluding carboxylic acids is 2. The molecule has 0 aliphatic heterocycles. The highest BCUT2D eigenvalue weighted by Gasteiger charge is 2.60. The van der Waals surface area contributed by atoms with Crippen LogP contribution in [-0.2, 0) is 9.59 Å². The lowest BCUT2D eigenvalue weighted by atomic mass is 9.46. The Morgan fingerprint density at radius 3 is 2.45 bits per heavy atom. The molecule has 0 N–H and O–H groups in total. The van der Waals surface area contributed by atoms with E-state index in [-0.39, 0.29) is 17.0 Å². The number of carbonyl (C=O) groups is 2. The third-order valence-electron chi connectivity index (χ3n) is 10.5. The highest BCUT2D eigenvalue weighted by molar-refractivity contribution is 6.05. The Morgan fingerprint density at radius 2 is 1.77 bits per heavy atom. The second-order valence-corrected chi connectivity index (χ2v) is 12.2. The van der Waals surface area contributed by atoms with Crippen molar-refractivity contribution in [2.24, 2.45) is 52.3 Å². The maximum Gasteiger partial charge on any atom is 0.159 e. The van der Waals surface area contributed by atoms with E-state index in [1.165, 1.54) is 32.1 Å². The molecule has 0 aromatic carbocycles. The molecule has 0 heterocycles. The largest absolute Gasteiger partial charge is 0.295 e. The summed E-state index contributed by atoms with van der Waals surface area (Å²) in [6, 6.07) is 0. The molecule has 4 rings (SSSR count). The quantitative estimate of drug-likeness (QED) is 0.438. The van der Waals surface area contributed by atoms with E-state index >= 15 is 0 Å². The molecular weight excluding hydrogens is 380 g/mol. The van der Waals surface area contributed by atoms with E-state index in [0.29, 0.717) is 53.8 Å². The minimum absolute atomic E-state index is 0.0650. The predicted molar refractivity (Wildman–Crippen MR) is 128 cm³/mol. The summed E-state index contributed by atoms with van der Waals surface area (Å²) < 4.78 is 0. The zero-order valence-corrected chi connectivity index (χ0v) is 20.7. The van der Waals surface area contributed by atoms with Gasteiger partial charge in [-0.15, -0.1) is 0 Å². The topological polar surface area (TPSA) is 34.1 Å². The van der Waals surface area contributed by atoms with E-state index in [0.717, 1.165) is 17.9 Å². The Labute approximate surface area is 190 Å². The van der Waals surface area contributed by atoms with Gasteiger partial charge in [-0.3, -0.25) is 9.59 Å². The molecule has 4 aliphatic rings. The number of hydrogen-bond acceptors (Lipinski definition) is 2. The first-order valence-electron chi connectivity index (χ1n) is 13.1. The zero-order chi connectivity index (χ0) is 22.6. The van der Waals surface area contributed by atoms with Crippen molar-refractivity contribution in [1.82, 2.24) is 0 Å². The molecule has 2 nitrogen and oxygen atoms in total. The van der Waals surface area contributed by atoms with Gasteiger partial charge >= 0.3 is 0 Å². The summed E-state index contributed by atoms with van der Waals surface area (Å²) in [5.41, 5.74) is 1.16. The number of fused-ring (bicyclic) bond motifs is 5. The van der Waals surface area contributed by atoms with Gasteiger partial charge in [0, 0.05) is 18.4 Å². The van der Waals surface area contributed by atoms with Crippen molar-refractivity contribution in [1.29, 1.82) is 0 Å². The van der Waals surface area contributed by atoms with Gasteiger partial charge < -0.3 is 0 Å². The molecule has 0 unspecified atom stereocenters. The van der Waals surface area contributed by atoms with Gasteiger partial charge in [0.25, 0.3) is 0 Å². The molecule has 0 radical (unpaired) electrons. The van der Waals surface area contributed by atoms with Crippen LogP contribution < -0.4 is 0 Å². The molecule has 2 heteroatoms. The second-order valence-electron chi connectivity index (χ2n) is 12.2. The molecule has 172 valence electrons. The molecule has 8 atom stereocenters. The van der Waals surface area contributed by atoms with Gasteiger partial charge in [0.1, 0.15) is 0 Å². The molecule has 0 bridgehead atoms. The number of rotatable bonds is 5. The third kappa shape index (κ3) is 3.70. The summed E-state index contributed by atoms with van der Waals surface area (Å²) in [7, 11) is 0. The summed E-state index contributed by atoms with van der Waals surface area (Å²) >= 11 is 0. The summed E-state index contributed by atoms with van der Waals surface area (Å²) in [6.45, 7) is 14.3. The van der Waals surface area contributed by atoms with E-state index in [9.17, 15) is 9.59 Å². The van der Waals surface area contributed by atoms with Crippen molar-refractivity contribution < 1.29 is 9.59 Å². The van der Waals surface area contributed by atoms with Crippen molar-refractivity contribution in [2.45, 2.75) is 92.9 Å². The predicted octanol–water partition coefficient (Wildman–Crippen LogP) is 7.19. The lowest BCUT2D eigenvalue weighted by molar-refractivity contribution is -0.131. The Morgan fingerprint density at radius 1 is 1.03 bits per heavy atom. The van der Waals surface area contributed by atoms with Crippen LogP contribution in [0.4, 0.5) is 0 Å². The molecule has 0 amide bonds. The van der Waals surface area contributed by atoms with Gasteiger partial charge in [0.15, 0.2) is 11.6 Å². The highest BCUT2D eigenvalue weighted by atomic mass is 16.1. The van der Waals surface area contributed by atoms with Gasteiger partial charge in [-0.1, -0.05) is 53.7 Å². The van der Waals surface area contributed by atoms with Crippen molar-refractivity contribution in [2.75, 3.05) is 0 Å². The first-order valence-corrected chi connectivity index (χ1v) is 13.1. The average Bonchev–Trinajstić information content (AvgIpc) is 3.07. The first kappa shape index (κ1) is 23.0. The molecule has 31 heavy (non-hydrogen) atoms. The van der Waals surface area contributed by atoms with Crippen LogP contribution in [0.1, 0.15) is 92.9 Å². The summed E-state index contributed by atoms with van der Waals surface area (Å²) in [6.07, 6.45) is 15.2. The minimum Gasteiger partial charge on any atom is -0.295 e. The monoisotopic (exact) mass is 424 g/mol. The van der Waals surface area contributed by atoms with Crippen molar-refractivity contribution in [3.05, 3.63) is 23.8 Å². The van der Waals surface area contributed by atoms with Gasteiger partial charge in [-0.2, -0.15) is 0 Å². The third-order valence-corrected chi connectivity index (χ3v) is 10.5. The summed E-state index contributed by atoms with van der Waals surface area (Å²) in [5, 5.41) is 0. The second kappa shape index (κ2) is 8.31. The van der Waals surface area contributed by atoms with E-state index in [1.807, 2.05) is 0 Å². The van der Waals surface area contributed by atoms with E-state index < -0.39 is 0 Å². The number of ketones is 2. The normalized spacial score (nSPS) is 42.2.